The number of likely N-dealkylation sites (N-methyl/N-ethyl adjacent to an activating group) is 1. The molecule has 0 bridgehead atoms. The molecule has 0 unspecified atom stereocenters. The Bertz CT molecular complexity index is 850. The summed E-state index contributed by atoms with van der Waals surface area (Å²) in [5, 5.41) is 2.92. The lowest BCUT2D eigenvalue weighted by molar-refractivity contribution is -0.125. The van der Waals surface area contributed by atoms with Crippen molar-refractivity contribution in [3.63, 3.8) is 0 Å². The first-order valence-corrected chi connectivity index (χ1v) is 12.1. The number of hydrogen-bond acceptors (Lipinski definition) is 6. The number of sulfone groups is 1. The van der Waals surface area contributed by atoms with Gasteiger partial charge in [-0.25, -0.2) is 8.42 Å². The van der Waals surface area contributed by atoms with Crippen LogP contribution >= 0.6 is 0 Å². The Hall–Kier alpha value is -1.97. The van der Waals surface area contributed by atoms with Gasteiger partial charge in [0.15, 0.2) is 0 Å². The van der Waals surface area contributed by atoms with Gasteiger partial charge < -0.3 is 15.1 Å². The van der Waals surface area contributed by atoms with Crippen LogP contribution in [0.2, 0.25) is 0 Å². The van der Waals surface area contributed by atoms with Crippen molar-refractivity contribution in [2.75, 3.05) is 58.3 Å². The Kier molecular flexibility index (Phi) is 6.92. The van der Waals surface area contributed by atoms with E-state index in [0.29, 0.717) is 18.7 Å². The molecule has 3 rings (SSSR count). The third-order valence-corrected chi connectivity index (χ3v) is 6.59. The fourth-order valence-corrected chi connectivity index (χ4v) is 4.46. The summed E-state index contributed by atoms with van der Waals surface area (Å²) in [4.78, 5) is 31.8. The number of carbonyl (C=O) groups excluding carboxylic acids is 2. The highest BCUT2D eigenvalue weighted by Gasteiger charge is 2.36. The molecule has 0 radical (unpaired) electrons. The molecule has 1 aromatic carbocycles. The van der Waals surface area contributed by atoms with Crippen LogP contribution in [0.4, 0.5) is 0 Å². The molecule has 160 valence electrons. The Morgan fingerprint density at radius 3 is 2.52 bits per heavy atom. The standard InChI is InChI=1S/C20H30N4O4S/c1-22-10-12-23(13-11-22)9-8-21-19(25)18(7-14-29(2,27)28)24-15-16-5-3-4-6-17(16)20(24)26/h3-6,18H,7-15H2,1-2H3,(H,21,25)/t18-/m0/s1. The number of nitrogens with zero attached hydrogens (tertiary/aromatic N) is 3. The summed E-state index contributed by atoms with van der Waals surface area (Å²) in [5.41, 5.74) is 1.45. The maximum atomic E-state index is 12.9. The number of amides is 2. The Labute approximate surface area is 172 Å². The monoisotopic (exact) mass is 422 g/mol. The quantitative estimate of drug-likeness (QED) is 0.625. The van der Waals surface area contributed by atoms with Gasteiger partial charge in [0, 0.05) is 57.6 Å². The second-order valence-corrected chi connectivity index (χ2v) is 10.2. The van der Waals surface area contributed by atoms with Crippen LogP contribution in [0.3, 0.4) is 0 Å². The van der Waals surface area contributed by atoms with Crippen molar-refractivity contribution in [2.45, 2.75) is 19.0 Å². The average molecular weight is 423 g/mol. The summed E-state index contributed by atoms with van der Waals surface area (Å²) in [7, 11) is -1.15. The Morgan fingerprint density at radius 2 is 1.86 bits per heavy atom. The van der Waals surface area contributed by atoms with E-state index in [4.69, 9.17) is 0 Å². The minimum Gasteiger partial charge on any atom is -0.353 e. The van der Waals surface area contributed by atoms with Crippen molar-refractivity contribution in [3.8, 4) is 0 Å². The molecule has 2 amide bonds. The minimum absolute atomic E-state index is 0.0961. The number of benzene rings is 1. The lowest BCUT2D eigenvalue weighted by Crippen LogP contribution is -2.50. The molecule has 0 spiro atoms. The first kappa shape index (κ1) is 21.7. The number of rotatable bonds is 8. The SMILES string of the molecule is CN1CCN(CCNC(=O)[C@H](CCS(C)(=O)=O)N2Cc3ccccc3C2=O)CC1. The van der Waals surface area contributed by atoms with E-state index >= 15 is 0 Å². The molecule has 2 heterocycles. The molecule has 1 aromatic rings. The normalized spacial score (nSPS) is 19.2. The van der Waals surface area contributed by atoms with Crippen LogP contribution in [0, 0.1) is 0 Å². The van der Waals surface area contributed by atoms with Gasteiger partial charge in [-0.2, -0.15) is 0 Å². The number of piperazine rings is 1. The van der Waals surface area contributed by atoms with E-state index in [-0.39, 0.29) is 24.0 Å². The highest BCUT2D eigenvalue weighted by atomic mass is 32.2. The van der Waals surface area contributed by atoms with Gasteiger partial charge in [-0.3, -0.25) is 14.5 Å². The first-order valence-electron chi connectivity index (χ1n) is 10.00. The molecule has 29 heavy (non-hydrogen) atoms. The zero-order valence-electron chi connectivity index (χ0n) is 17.1. The zero-order chi connectivity index (χ0) is 21.0. The van der Waals surface area contributed by atoms with E-state index < -0.39 is 15.9 Å². The van der Waals surface area contributed by atoms with E-state index in [1.807, 2.05) is 12.1 Å². The highest BCUT2D eigenvalue weighted by Crippen LogP contribution is 2.25. The van der Waals surface area contributed by atoms with Crippen molar-refractivity contribution in [1.29, 1.82) is 0 Å². The van der Waals surface area contributed by atoms with E-state index in [0.717, 1.165) is 44.5 Å². The zero-order valence-corrected chi connectivity index (χ0v) is 18.0. The molecule has 9 heteroatoms. The molecule has 1 atom stereocenters. The molecule has 2 aliphatic heterocycles. The molecule has 1 N–H and O–H groups in total. The van der Waals surface area contributed by atoms with E-state index in [2.05, 4.69) is 22.2 Å². The molecule has 0 aromatic heterocycles. The van der Waals surface area contributed by atoms with E-state index in [9.17, 15) is 18.0 Å². The average Bonchev–Trinajstić information content (AvgIpc) is 2.99. The van der Waals surface area contributed by atoms with E-state index in [1.165, 1.54) is 4.90 Å². The van der Waals surface area contributed by atoms with Crippen LogP contribution in [0.5, 0.6) is 0 Å². The predicted molar refractivity (Wildman–Crippen MR) is 111 cm³/mol. The van der Waals surface area contributed by atoms with Gasteiger partial charge in [0.25, 0.3) is 5.91 Å². The van der Waals surface area contributed by atoms with Gasteiger partial charge in [0.05, 0.1) is 5.75 Å². The third-order valence-electron chi connectivity index (χ3n) is 5.61. The number of hydrogen-bond donors (Lipinski definition) is 1. The predicted octanol–water partition coefficient (Wildman–Crippen LogP) is -0.191. The Morgan fingerprint density at radius 1 is 1.17 bits per heavy atom. The van der Waals surface area contributed by atoms with Crippen molar-refractivity contribution in [2.24, 2.45) is 0 Å². The van der Waals surface area contributed by atoms with E-state index in [1.54, 1.807) is 12.1 Å². The minimum atomic E-state index is -3.24. The van der Waals surface area contributed by atoms with Crippen molar-refractivity contribution < 1.29 is 18.0 Å². The second kappa shape index (κ2) is 9.23. The summed E-state index contributed by atoms with van der Waals surface area (Å²) in [6, 6.07) is 6.47. The fourth-order valence-electron chi connectivity index (χ4n) is 3.81. The maximum absolute atomic E-state index is 12.9. The Balaban J connectivity index is 1.62. The number of carbonyl (C=O) groups is 2. The number of nitrogens with one attached hydrogen (secondary N) is 1. The summed E-state index contributed by atoms with van der Waals surface area (Å²) < 4.78 is 23.3. The summed E-state index contributed by atoms with van der Waals surface area (Å²) in [6.45, 7) is 5.49. The van der Waals surface area contributed by atoms with Gasteiger partial charge in [0.2, 0.25) is 5.91 Å². The summed E-state index contributed by atoms with van der Waals surface area (Å²) >= 11 is 0. The molecule has 1 fully saturated rings. The number of fused-ring (bicyclic) bond motifs is 1. The fraction of sp³-hybridized carbons (Fsp3) is 0.600. The molecular weight excluding hydrogens is 392 g/mol. The van der Waals surface area contributed by atoms with Crippen LogP contribution in [-0.4, -0.2) is 99.3 Å². The van der Waals surface area contributed by atoms with Crippen molar-refractivity contribution >= 4 is 21.7 Å². The third kappa shape index (κ3) is 5.77. The van der Waals surface area contributed by atoms with Gasteiger partial charge in [-0.1, -0.05) is 18.2 Å². The van der Waals surface area contributed by atoms with Crippen LogP contribution in [0.1, 0.15) is 22.3 Å². The summed E-state index contributed by atoms with van der Waals surface area (Å²) in [5.74, 6) is -0.638. The van der Waals surface area contributed by atoms with Crippen LogP contribution in [-0.2, 0) is 21.2 Å². The first-order chi connectivity index (χ1) is 13.7. The lowest BCUT2D eigenvalue weighted by atomic mass is 10.1. The van der Waals surface area contributed by atoms with Gasteiger partial charge in [-0.15, -0.1) is 0 Å². The van der Waals surface area contributed by atoms with Gasteiger partial charge in [0.1, 0.15) is 15.9 Å². The summed E-state index contributed by atoms with van der Waals surface area (Å²) in [6.07, 6.45) is 1.24. The maximum Gasteiger partial charge on any atom is 0.255 e. The highest BCUT2D eigenvalue weighted by molar-refractivity contribution is 7.90. The van der Waals surface area contributed by atoms with Crippen LogP contribution in [0.15, 0.2) is 24.3 Å². The smallest absolute Gasteiger partial charge is 0.255 e. The molecule has 0 aliphatic carbocycles. The molecule has 0 saturated carbocycles. The molecule has 1 saturated heterocycles. The molecular formula is C20H30N4O4S. The van der Waals surface area contributed by atoms with Gasteiger partial charge >= 0.3 is 0 Å². The van der Waals surface area contributed by atoms with Crippen molar-refractivity contribution in [1.82, 2.24) is 20.0 Å². The van der Waals surface area contributed by atoms with Gasteiger partial charge in [-0.05, 0) is 25.1 Å². The molecule has 8 nitrogen and oxygen atoms in total. The largest absolute Gasteiger partial charge is 0.353 e. The lowest BCUT2D eigenvalue weighted by Gasteiger charge is -2.32. The second-order valence-electron chi connectivity index (χ2n) is 7.96. The topological polar surface area (TPSA) is 90.0 Å². The molecule has 2 aliphatic rings. The van der Waals surface area contributed by atoms with Crippen LogP contribution < -0.4 is 5.32 Å². The van der Waals surface area contributed by atoms with Crippen molar-refractivity contribution in [3.05, 3.63) is 35.4 Å². The van der Waals surface area contributed by atoms with Crippen LogP contribution in [0.25, 0.3) is 0 Å².